The first-order chi connectivity index (χ1) is 13.5. The summed E-state index contributed by atoms with van der Waals surface area (Å²) < 4.78 is 1.39. The van der Waals surface area contributed by atoms with Crippen LogP contribution in [-0.2, 0) is 11.8 Å². The van der Waals surface area contributed by atoms with Crippen LogP contribution >= 0.6 is 0 Å². The molecule has 1 aromatic heterocycles. The van der Waals surface area contributed by atoms with Crippen molar-refractivity contribution < 1.29 is 9.59 Å². The van der Waals surface area contributed by atoms with Crippen LogP contribution in [0.2, 0.25) is 0 Å². The number of anilines is 1. The molecule has 0 N–H and O–H groups in total. The van der Waals surface area contributed by atoms with E-state index in [-0.39, 0.29) is 23.3 Å². The third kappa shape index (κ3) is 3.52. The van der Waals surface area contributed by atoms with Crippen LogP contribution in [-0.4, -0.2) is 65.4 Å². The highest BCUT2D eigenvalue weighted by molar-refractivity contribution is 5.95. The van der Waals surface area contributed by atoms with Gasteiger partial charge < -0.3 is 19.3 Å². The molecular formula is C21H24N4O3. The molecule has 4 rings (SSSR count). The Morgan fingerprint density at radius 2 is 1.57 bits per heavy atom. The molecule has 7 heteroatoms. The van der Waals surface area contributed by atoms with Crippen LogP contribution in [0.3, 0.4) is 0 Å². The molecule has 0 saturated carbocycles. The lowest BCUT2D eigenvalue weighted by atomic mass is 9.97. The number of pyridine rings is 1. The third-order valence-electron chi connectivity index (χ3n) is 5.56. The van der Waals surface area contributed by atoms with Gasteiger partial charge in [0.2, 0.25) is 11.5 Å². The Hall–Kier alpha value is -3.09. The van der Waals surface area contributed by atoms with Crippen molar-refractivity contribution in [1.82, 2.24) is 14.4 Å². The number of aromatic nitrogens is 1. The molecule has 0 aliphatic carbocycles. The van der Waals surface area contributed by atoms with Crippen molar-refractivity contribution in [3.8, 4) is 0 Å². The number of carbonyl (C=O) groups excluding carboxylic acids is 2. The minimum atomic E-state index is -0.150. The SMILES string of the molecule is Cn1cc(C(=O)N2CC(C(=O)N3CCN(c4ccccc4)CC3)C2)ccc1=O. The number of benzene rings is 1. The predicted octanol–water partition coefficient (Wildman–Crippen LogP) is 0.806. The van der Waals surface area contributed by atoms with Crippen LogP contribution in [0.1, 0.15) is 10.4 Å². The topological polar surface area (TPSA) is 65.9 Å². The number of para-hydroxylation sites is 1. The van der Waals surface area contributed by atoms with E-state index in [0.717, 1.165) is 13.1 Å². The molecule has 0 radical (unpaired) electrons. The van der Waals surface area contributed by atoms with E-state index in [4.69, 9.17) is 0 Å². The van der Waals surface area contributed by atoms with E-state index in [1.165, 1.54) is 16.3 Å². The lowest BCUT2D eigenvalue weighted by Gasteiger charge is -2.43. The zero-order chi connectivity index (χ0) is 19.7. The fourth-order valence-electron chi connectivity index (χ4n) is 3.79. The van der Waals surface area contributed by atoms with Gasteiger partial charge in [0.15, 0.2) is 0 Å². The van der Waals surface area contributed by atoms with Crippen molar-refractivity contribution >= 4 is 17.5 Å². The molecule has 0 bridgehead atoms. The molecule has 2 aliphatic heterocycles. The number of hydrogen-bond donors (Lipinski definition) is 0. The lowest BCUT2D eigenvalue weighted by Crippen LogP contribution is -2.59. The number of piperazine rings is 1. The Morgan fingerprint density at radius 1 is 0.893 bits per heavy atom. The summed E-state index contributed by atoms with van der Waals surface area (Å²) in [6.45, 7) is 3.95. The highest BCUT2D eigenvalue weighted by Gasteiger charge is 2.38. The second kappa shape index (κ2) is 7.50. The molecule has 0 unspecified atom stereocenters. The van der Waals surface area contributed by atoms with Crippen LogP contribution in [0, 0.1) is 5.92 Å². The quantitative estimate of drug-likeness (QED) is 0.790. The van der Waals surface area contributed by atoms with Crippen molar-refractivity contribution in [2.75, 3.05) is 44.2 Å². The van der Waals surface area contributed by atoms with Crippen molar-refractivity contribution in [2.24, 2.45) is 13.0 Å². The number of rotatable bonds is 3. The Morgan fingerprint density at radius 3 is 2.21 bits per heavy atom. The van der Waals surface area contributed by atoms with Crippen molar-refractivity contribution in [3.05, 3.63) is 64.6 Å². The second-order valence-corrected chi connectivity index (χ2v) is 7.42. The van der Waals surface area contributed by atoms with Gasteiger partial charge in [0.05, 0.1) is 11.5 Å². The largest absolute Gasteiger partial charge is 0.368 e. The number of hydrogen-bond acceptors (Lipinski definition) is 4. The summed E-state index contributed by atoms with van der Waals surface area (Å²) in [6.07, 6.45) is 1.54. The van der Waals surface area contributed by atoms with Crippen LogP contribution in [0.15, 0.2) is 53.5 Å². The Labute approximate surface area is 163 Å². The smallest absolute Gasteiger partial charge is 0.255 e. The second-order valence-electron chi connectivity index (χ2n) is 7.42. The van der Waals surface area contributed by atoms with E-state index in [1.807, 2.05) is 23.1 Å². The molecule has 0 atom stereocenters. The van der Waals surface area contributed by atoms with E-state index in [9.17, 15) is 14.4 Å². The maximum absolute atomic E-state index is 12.8. The summed E-state index contributed by atoms with van der Waals surface area (Å²) in [4.78, 5) is 42.6. The van der Waals surface area contributed by atoms with Gasteiger partial charge in [-0.3, -0.25) is 14.4 Å². The molecule has 3 heterocycles. The zero-order valence-corrected chi connectivity index (χ0v) is 16.0. The molecule has 146 valence electrons. The average Bonchev–Trinajstić information content (AvgIpc) is 2.69. The highest BCUT2D eigenvalue weighted by Crippen LogP contribution is 2.22. The van der Waals surface area contributed by atoms with Gasteiger partial charge in [-0.2, -0.15) is 0 Å². The summed E-state index contributed by atoms with van der Waals surface area (Å²) in [5.41, 5.74) is 1.51. The van der Waals surface area contributed by atoms with Crippen LogP contribution < -0.4 is 10.5 Å². The van der Waals surface area contributed by atoms with E-state index in [2.05, 4.69) is 17.0 Å². The predicted molar refractivity (Wildman–Crippen MR) is 106 cm³/mol. The van der Waals surface area contributed by atoms with Gasteiger partial charge in [-0.05, 0) is 18.2 Å². The highest BCUT2D eigenvalue weighted by atomic mass is 16.2. The van der Waals surface area contributed by atoms with E-state index >= 15 is 0 Å². The molecule has 1 aromatic carbocycles. The minimum Gasteiger partial charge on any atom is -0.368 e. The number of aryl methyl sites for hydroxylation is 1. The van der Waals surface area contributed by atoms with Crippen molar-refractivity contribution in [3.63, 3.8) is 0 Å². The molecule has 7 nitrogen and oxygen atoms in total. The van der Waals surface area contributed by atoms with Crippen LogP contribution in [0.25, 0.3) is 0 Å². The number of nitrogens with zero attached hydrogens (tertiary/aromatic N) is 4. The lowest BCUT2D eigenvalue weighted by molar-refractivity contribution is -0.140. The first kappa shape index (κ1) is 18.3. The van der Waals surface area contributed by atoms with E-state index < -0.39 is 0 Å². The van der Waals surface area contributed by atoms with Crippen LogP contribution in [0.4, 0.5) is 5.69 Å². The number of amides is 2. The van der Waals surface area contributed by atoms with Crippen LogP contribution in [0.5, 0.6) is 0 Å². The Bertz CT molecular complexity index is 926. The molecule has 2 aliphatic rings. The summed E-state index contributed by atoms with van der Waals surface area (Å²) in [5.74, 6) is -0.120. The molecule has 2 aromatic rings. The van der Waals surface area contributed by atoms with Gasteiger partial charge >= 0.3 is 0 Å². The molecule has 2 amide bonds. The number of carbonyl (C=O) groups is 2. The average molecular weight is 380 g/mol. The summed E-state index contributed by atoms with van der Waals surface area (Å²) in [5, 5.41) is 0. The molecular weight excluding hydrogens is 356 g/mol. The molecule has 2 fully saturated rings. The first-order valence-electron chi connectivity index (χ1n) is 9.57. The van der Waals surface area contributed by atoms with Gasteiger partial charge in [-0.15, -0.1) is 0 Å². The first-order valence-corrected chi connectivity index (χ1v) is 9.57. The molecule has 0 spiro atoms. The van der Waals surface area contributed by atoms with Gasteiger partial charge in [0.1, 0.15) is 0 Å². The minimum absolute atomic E-state index is 0.125. The van der Waals surface area contributed by atoms with Gasteiger partial charge in [-0.1, -0.05) is 18.2 Å². The maximum atomic E-state index is 12.8. The Kier molecular flexibility index (Phi) is 4.90. The summed E-state index contributed by atoms with van der Waals surface area (Å²) in [6, 6.07) is 13.2. The van der Waals surface area contributed by atoms with E-state index in [1.54, 1.807) is 24.2 Å². The monoisotopic (exact) mass is 380 g/mol. The number of likely N-dealkylation sites (tertiary alicyclic amines) is 1. The third-order valence-corrected chi connectivity index (χ3v) is 5.56. The van der Waals surface area contributed by atoms with Crippen molar-refractivity contribution in [2.45, 2.75) is 0 Å². The van der Waals surface area contributed by atoms with Gasteiger partial charge in [-0.25, -0.2) is 0 Å². The van der Waals surface area contributed by atoms with Crippen molar-refractivity contribution in [1.29, 1.82) is 0 Å². The standard InChI is InChI=1S/C21H24N4O3/c1-22-13-16(7-8-19(22)26)20(27)25-14-17(15-25)21(28)24-11-9-23(10-12-24)18-5-3-2-4-6-18/h2-8,13,17H,9-12,14-15H2,1H3. The molecule has 28 heavy (non-hydrogen) atoms. The normalized spacial score (nSPS) is 17.4. The molecule has 2 saturated heterocycles. The summed E-state index contributed by atoms with van der Waals surface area (Å²) in [7, 11) is 1.62. The fourth-order valence-corrected chi connectivity index (χ4v) is 3.79. The maximum Gasteiger partial charge on any atom is 0.255 e. The zero-order valence-electron chi connectivity index (χ0n) is 16.0. The fraction of sp³-hybridized carbons (Fsp3) is 0.381. The Balaban J connectivity index is 1.29. The van der Waals surface area contributed by atoms with Gasteiger partial charge in [0.25, 0.3) is 5.91 Å². The van der Waals surface area contributed by atoms with Gasteiger partial charge in [0, 0.05) is 64.3 Å². The summed E-state index contributed by atoms with van der Waals surface area (Å²) >= 11 is 0. The van der Waals surface area contributed by atoms with E-state index in [0.29, 0.717) is 31.7 Å².